The largest absolute Gasteiger partial charge is 0.348 e. The molecule has 10 heteroatoms. The molecular formula is C10H20Cl2N5O2P. The molecular weight excluding hydrogens is 324 g/mol. The molecule has 1 aromatic rings. The van der Waals surface area contributed by atoms with Gasteiger partial charge >= 0.3 is 7.67 Å². The minimum absolute atomic E-state index is 0.0773. The molecule has 1 heterocycles. The molecule has 0 aliphatic carbocycles. The van der Waals surface area contributed by atoms with Crippen molar-refractivity contribution >= 4 is 30.9 Å². The number of aromatic amines is 1. The first-order valence-electron chi connectivity index (χ1n) is 6.13. The number of aromatic nitrogens is 2. The van der Waals surface area contributed by atoms with Crippen LogP contribution in [0.2, 0.25) is 0 Å². The standard InChI is InChI=1S/C10H20Cl2N5O2P/c11-1-3-17(4-2-12)20(14,18)19-7-9(13)5-10-6-15-8-16-10/h6,8-9H,1-5,7,13H2,(H2,14,18)(H,15,16). The molecule has 0 amide bonds. The average Bonchev–Trinajstić information content (AvgIpc) is 2.89. The minimum Gasteiger partial charge on any atom is -0.348 e. The maximum atomic E-state index is 12.3. The first-order chi connectivity index (χ1) is 9.49. The molecule has 20 heavy (non-hydrogen) atoms. The number of imidazole rings is 1. The summed E-state index contributed by atoms with van der Waals surface area (Å²) in [6.07, 6.45) is 3.78. The van der Waals surface area contributed by atoms with Gasteiger partial charge in [-0.25, -0.2) is 15.2 Å². The quantitative estimate of drug-likeness (QED) is 0.434. The third kappa shape index (κ3) is 6.10. The van der Waals surface area contributed by atoms with E-state index >= 15 is 0 Å². The third-order valence-electron chi connectivity index (χ3n) is 2.59. The van der Waals surface area contributed by atoms with Crippen LogP contribution >= 0.6 is 30.9 Å². The highest BCUT2D eigenvalue weighted by Gasteiger charge is 2.27. The Morgan fingerprint density at radius 2 is 2.10 bits per heavy atom. The van der Waals surface area contributed by atoms with Crippen molar-refractivity contribution in [2.75, 3.05) is 31.5 Å². The van der Waals surface area contributed by atoms with Crippen molar-refractivity contribution in [2.24, 2.45) is 11.2 Å². The highest BCUT2D eigenvalue weighted by Crippen LogP contribution is 2.42. The van der Waals surface area contributed by atoms with Crippen LogP contribution in [0.5, 0.6) is 0 Å². The Labute approximate surface area is 128 Å². The number of nitrogens with zero attached hydrogens (tertiary/aromatic N) is 2. The van der Waals surface area contributed by atoms with Crippen LogP contribution in [0.1, 0.15) is 5.69 Å². The van der Waals surface area contributed by atoms with Crippen LogP contribution in [-0.4, -0.2) is 52.1 Å². The molecule has 0 aliphatic heterocycles. The van der Waals surface area contributed by atoms with Gasteiger partial charge in [-0.2, -0.15) is 0 Å². The summed E-state index contributed by atoms with van der Waals surface area (Å²) in [5.41, 5.74) is 12.5. The SMILES string of the molecule is NC(COP(N)(=O)N(CCCl)CCCl)Cc1cnc[nH]1. The normalized spacial score (nSPS) is 16.2. The third-order valence-corrected chi connectivity index (χ3v) is 4.64. The first-order valence-corrected chi connectivity index (χ1v) is 8.84. The molecule has 2 unspecified atom stereocenters. The lowest BCUT2D eigenvalue weighted by molar-refractivity contribution is 0.247. The monoisotopic (exact) mass is 343 g/mol. The van der Waals surface area contributed by atoms with E-state index in [1.54, 1.807) is 12.5 Å². The summed E-state index contributed by atoms with van der Waals surface area (Å²) in [5, 5.41) is 0. The molecule has 1 aromatic heterocycles. The number of hydrogen-bond donors (Lipinski definition) is 3. The predicted octanol–water partition coefficient (Wildman–Crippen LogP) is 1.14. The summed E-state index contributed by atoms with van der Waals surface area (Å²) in [6, 6.07) is -0.332. The highest BCUT2D eigenvalue weighted by atomic mass is 35.5. The molecule has 5 N–H and O–H groups in total. The Bertz CT molecular complexity index is 414. The van der Waals surface area contributed by atoms with Gasteiger partial charge in [0, 0.05) is 49.2 Å². The molecule has 1 rings (SSSR count). The fourth-order valence-electron chi connectivity index (χ4n) is 1.61. The van der Waals surface area contributed by atoms with Gasteiger partial charge in [-0.05, 0) is 0 Å². The molecule has 0 radical (unpaired) electrons. The van der Waals surface area contributed by atoms with Crippen molar-refractivity contribution in [3.8, 4) is 0 Å². The van der Waals surface area contributed by atoms with Gasteiger partial charge in [0.2, 0.25) is 0 Å². The second-order valence-corrected chi connectivity index (χ2v) is 6.94. The van der Waals surface area contributed by atoms with Gasteiger partial charge in [0.15, 0.2) is 0 Å². The number of hydrogen-bond acceptors (Lipinski definition) is 4. The van der Waals surface area contributed by atoms with E-state index in [0.29, 0.717) is 31.3 Å². The summed E-state index contributed by atoms with van der Waals surface area (Å²) >= 11 is 11.3. The smallest absolute Gasteiger partial charge is 0.340 e. The predicted molar refractivity (Wildman–Crippen MR) is 81.0 cm³/mol. The Morgan fingerprint density at radius 1 is 1.45 bits per heavy atom. The summed E-state index contributed by atoms with van der Waals surface area (Å²) in [5.74, 6) is 0.587. The fourth-order valence-corrected chi connectivity index (χ4v) is 3.58. The molecule has 0 spiro atoms. The number of H-pyrrole nitrogens is 1. The van der Waals surface area contributed by atoms with Gasteiger partial charge in [-0.15, -0.1) is 23.2 Å². The number of nitrogens with one attached hydrogen (secondary N) is 1. The number of nitrogens with two attached hydrogens (primary N) is 2. The number of alkyl halides is 2. The van der Waals surface area contributed by atoms with Gasteiger partial charge in [0.05, 0.1) is 12.9 Å². The number of halogens is 2. The van der Waals surface area contributed by atoms with Crippen LogP contribution in [0, 0.1) is 0 Å². The zero-order chi connectivity index (χ0) is 15.0. The van der Waals surface area contributed by atoms with E-state index in [2.05, 4.69) is 9.97 Å². The van der Waals surface area contributed by atoms with Gasteiger partial charge in [0.25, 0.3) is 0 Å². The van der Waals surface area contributed by atoms with Crippen LogP contribution < -0.4 is 11.2 Å². The van der Waals surface area contributed by atoms with Gasteiger partial charge in [-0.1, -0.05) is 0 Å². The summed E-state index contributed by atoms with van der Waals surface area (Å²) in [4.78, 5) is 6.83. The van der Waals surface area contributed by atoms with Gasteiger partial charge < -0.3 is 15.2 Å². The van der Waals surface area contributed by atoms with E-state index < -0.39 is 7.67 Å². The fraction of sp³-hybridized carbons (Fsp3) is 0.700. The van der Waals surface area contributed by atoms with Crippen molar-refractivity contribution in [1.82, 2.24) is 14.6 Å². The second-order valence-electron chi connectivity index (χ2n) is 4.23. The zero-order valence-electron chi connectivity index (χ0n) is 11.0. The number of rotatable bonds is 10. The Kier molecular flexibility index (Phi) is 8.06. The lowest BCUT2D eigenvalue weighted by Gasteiger charge is -2.27. The van der Waals surface area contributed by atoms with Crippen LogP contribution in [-0.2, 0) is 15.5 Å². The van der Waals surface area contributed by atoms with E-state index in [4.69, 9.17) is 39.0 Å². The van der Waals surface area contributed by atoms with E-state index in [1.807, 2.05) is 0 Å². The Balaban J connectivity index is 2.46. The Morgan fingerprint density at radius 3 is 2.60 bits per heavy atom. The molecule has 116 valence electrons. The van der Waals surface area contributed by atoms with E-state index in [-0.39, 0.29) is 12.6 Å². The maximum Gasteiger partial charge on any atom is 0.340 e. The van der Waals surface area contributed by atoms with Crippen molar-refractivity contribution in [1.29, 1.82) is 0 Å². The molecule has 0 bridgehead atoms. The molecule has 0 aromatic carbocycles. The van der Waals surface area contributed by atoms with Crippen molar-refractivity contribution in [3.63, 3.8) is 0 Å². The van der Waals surface area contributed by atoms with Crippen LogP contribution in [0.4, 0.5) is 0 Å². The molecule has 0 saturated heterocycles. The van der Waals surface area contributed by atoms with Crippen LogP contribution in [0.15, 0.2) is 12.5 Å². The van der Waals surface area contributed by atoms with Crippen LogP contribution in [0.25, 0.3) is 0 Å². The first kappa shape index (κ1) is 17.9. The maximum absolute atomic E-state index is 12.3. The molecule has 7 nitrogen and oxygen atoms in total. The minimum atomic E-state index is -3.42. The lowest BCUT2D eigenvalue weighted by atomic mass is 10.2. The van der Waals surface area contributed by atoms with E-state index in [0.717, 1.165) is 5.69 Å². The van der Waals surface area contributed by atoms with Gasteiger partial charge in [0.1, 0.15) is 0 Å². The van der Waals surface area contributed by atoms with E-state index in [9.17, 15) is 4.57 Å². The summed E-state index contributed by atoms with van der Waals surface area (Å²) < 4.78 is 19.0. The van der Waals surface area contributed by atoms with Gasteiger partial charge in [-0.3, -0.25) is 4.57 Å². The zero-order valence-corrected chi connectivity index (χ0v) is 13.4. The topological polar surface area (TPSA) is 110 Å². The highest BCUT2D eigenvalue weighted by molar-refractivity contribution is 7.53. The van der Waals surface area contributed by atoms with Crippen molar-refractivity contribution < 1.29 is 9.09 Å². The lowest BCUT2D eigenvalue weighted by Crippen LogP contribution is -2.34. The molecule has 2 atom stereocenters. The molecule has 0 aliphatic rings. The average molecular weight is 344 g/mol. The summed E-state index contributed by atoms with van der Waals surface area (Å²) in [6.45, 7) is 0.767. The van der Waals surface area contributed by atoms with Crippen molar-refractivity contribution in [2.45, 2.75) is 12.5 Å². The molecule has 0 saturated carbocycles. The van der Waals surface area contributed by atoms with Crippen molar-refractivity contribution in [3.05, 3.63) is 18.2 Å². The Hall–Kier alpha value is -0.140. The summed E-state index contributed by atoms with van der Waals surface area (Å²) in [7, 11) is -3.42. The second kappa shape index (κ2) is 9.00. The van der Waals surface area contributed by atoms with Crippen LogP contribution in [0.3, 0.4) is 0 Å². The van der Waals surface area contributed by atoms with E-state index in [1.165, 1.54) is 4.67 Å². The molecule has 0 fully saturated rings.